The van der Waals surface area contributed by atoms with E-state index in [4.69, 9.17) is 0 Å². The molecule has 0 atom stereocenters. The monoisotopic (exact) mass is 382 g/mol. The zero-order valence-corrected chi connectivity index (χ0v) is 17.1. The van der Waals surface area contributed by atoms with Gasteiger partial charge in [-0.3, -0.25) is 14.4 Å². The van der Waals surface area contributed by atoms with Gasteiger partial charge in [-0.2, -0.15) is 0 Å². The van der Waals surface area contributed by atoms with Crippen molar-refractivity contribution >= 4 is 11.7 Å². The maximum absolute atomic E-state index is 12.3. The lowest BCUT2D eigenvalue weighted by molar-refractivity contribution is -0.121. The number of benzene rings is 1. The van der Waals surface area contributed by atoms with Gasteiger partial charge in [0.05, 0.1) is 0 Å². The van der Waals surface area contributed by atoms with Crippen molar-refractivity contribution in [3.05, 3.63) is 68.6 Å². The lowest BCUT2D eigenvalue weighted by atomic mass is 10.0. The van der Waals surface area contributed by atoms with Crippen LogP contribution in [-0.2, 0) is 17.8 Å². The second-order valence-electron chi connectivity index (χ2n) is 7.30. The van der Waals surface area contributed by atoms with Crippen molar-refractivity contribution in [2.24, 2.45) is 0 Å². The molecule has 0 aliphatic heterocycles. The van der Waals surface area contributed by atoms with Gasteiger partial charge in [-0.15, -0.1) is 0 Å². The standard InChI is InChI=1S/C23H30N2O3/c1-4-5-6-7-18-8-10-19(11-9-18)21(26)12-13-22(27)24-15-20-16(2)14-17(3)25-23(20)28/h8-11,14H,4-7,12-13,15H2,1-3H3,(H,24,27)(H,25,28). The van der Waals surface area contributed by atoms with Crippen LogP contribution in [0.3, 0.4) is 0 Å². The predicted octanol–water partition coefficient (Wildman–Crippen LogP) is 4.00. The summed E-state index contributed by atoms with van der Waals surface area (Å²) in [7, 11) is 0. The lowest BCUT2D eigenvalue weighted by Gasteiger charge is -2.08. The molecule has 1 amide bonds. The molecule has 0 unspecified atom stereocenters. The van der Waals surface area contributed by atoms with E-state index >= 15 is 0 Å². The molecule has 2 aromatic rings. The SMILES string of the molecule is CCCCCc1ccc(C(=O)CCC(=O)NCc2c(C)cc(C)[nH]c2=O)cc1. The molecule has 2 N–H and O–H groups in total. The molecule has 2 rings (SSSR count). The Kier molecular flexibility index (Phi) is 8.18. The molecule has 0 spiro atoms. The summed E-state index contributed by atoms with van der Waals surface area (Å²) < 4.78 is 0. The number of aromatic amines is 1. The number of Topliss-reactive ketones (excluding diaryl/α,β-unsaturated/α-hetero) is 1. The first kappa shape index (κ1) is 21.6. The summed E-state index contributed by atoms with van der Waals surface area (Å²) in [5.41, 5.74) is 3.87. The number of ketones is 1. The Morgan fingerprint density at radius 2 is 1.75 bits per heavy atom. The first-order valence-corrected chi connectivity index (χ1v) is 9.99. The van der Waals surface area contributed by atoms with Gasteiger partial charge in [0.2, 0.25) is 5.91 Å². The number of rotatable bonds is 10. The highest BCUT2D eigenvalue weighted by Crippen LogP contribution is 2.11. The van der Waals surface area contributed by atoms with Crippen molar-refractivity contribution in [3.63, 3.8) is 0 Å². The predicted molar refractivity (Wildman–Crippen MR) is 112 cm³/mol. The Bertz CT molecular complexity index is 866. The second kappa shape index (κ2) is 10.6. The van der Waals surface area contributed by atoms with E-state index in [1.165, 1.54) is 18.4 Å². The Morgan fingerprint density at radius 3 is 2.39 bits per heavy atom. The molecule has 1 aromatic carbocycles. The number of pyridine rings is 1. The average Bonchev–Trinajstić information content (AvgIpc) is 2.66. The zero-order valence-electron chi connectivity index (χ0n) is 17.1. The van der Waals surface area contributed by atoms with Crippen LogP contribution in [0.4, 0.5) is 0 Å². The van der Waals surface area contributed by atoms with Crippen molar-refractivity contribution in [2.45, 2.75) is 65.8 Å². The molecule has 0 fully saturated rings. The first-order chi connectivity index (χ1) is 13.4. The molecular formula is C23H30N2O3. The van der Waals surface area contributed by atoms with Gasteiger partial charge in [0, 0.05) is 36.2 Å². The average molecular weight is 383 g/mol. The fourth-order valence-corrected chi connectivity index (χ4v) is 3.18. The van der Waals surface area contributed by atoms with E-state index in [0.29, 0.717) is 11.1 Å². The van der Waals surface area contributed by atoms with Crippen molar-refractivity contribution in [1.82, 2.24) is 10.3 Å². The van der Waals surface area contributed by atoms with Crippen LogP contribution in [0.2, 0.25) is 0 Å². The number of unbranched alkanes of at least 4 members (excludes halogenated alkanes) is 2. The normalized spacial score (nSPS) is 10.7. The molecule has 0 aliphatic rings. The molecule has 28 heavy (non-hydrogen) atoms. The summed E-state index contributed by atoms with van der Waals surface area (Å²) in [5, 5.41) is 2.73. The van der Waals surface area contributed by atoms with Crippen molar-refractivity contribution in [1.29, 1.82) is 0 Å². The van der Waals surface area contributed by atoms with Gasteiger partial charge in [-0.05, 0) is 43.9 Å². The van der Waals surface area contributed by atoms with Crippen LogP contribution in [0.1, 0.15) is 71.8 Å². The number of aromatic nitrogens is 1. The van der Waals surface area contributed by atoms with E-state index in [2.05, 4.69) is 17.2 Å². The Hall–Kier alpha value is -2.69. The fourth-order valence-electron chi connectivity index (χ4n) is 3.18. The van der Waals surface area contributed by atoms with E-state index < -0.39 is 0 Å². The third kappa shape index (κ3) is 6.48. The van der Waals surface area contributed by atoms with Gasteiger partial charge in [0.15, 0.2) is 5.78 Å². The molecular weight excluding hydrogens is 352 g/mol. The van der Waals surface area contributed by atoms with Crippen LogP contribution in [0.25, 0.3) is 0 Å². The van der Waals surface area contributed by atoms with E-state index in [9.17, 15) is 14.4 Å². The van der Waals surface area contributed by atoms with Crippen LogP contribution in [0.15, 0.2) is 35.1 Å². The van der Waals surface area contributed by atoms with Crippen LogP contribution in [0.5, 0.6) is 0 Å². The highest BCUT2D eigenvalue weighted by Gasteiger charge is 2.11. The maximum atomic E-state index is 12.3. The van der Waals surface area contributed by atoms with E-state index in [-0.39, 0.29) is 36.6 Å². The van der Waals surface area contributed by atoms with Crippen LogP contribution in [-0.4, -0.2) is 16.7 Å². The molecule has 5 heteroatoms. The topological polar surface area (TPSA) is 79.0 Å². The van der Waals surface area contributed by atoms with E-state index in [0.717, 1.165) is 24.1 Å². The number of carbonyl (C=O) groups is 2. The summed E-state index contributed by atoms with van der Waals surface area (Å²) in [6.45, 7) is 6.01. The van der Waals surface area contributed by atoms with Gasteiger partial charge < -0.3 is 10.3 Å². The molecule has 1 aromatic heterocycles. The largest absolute Gasteiger partial charge is 0.352 e. The summed E-state index contributed by atoms with van der Waals surface area (Å²) >= 11 is 0. The third-order valence-electron chi connectivity index (χ3n) is 4.88. The Morgan fingerprint density at radius 1 is 1.04 bits per heavy atom. The molecule has 5 nitrogen and oxygen atoms in total. The third-order valence-corrected chi connectivity index (χ3v) is 4.88. The molecule has 1 heterocycles. The Labute approximate surface area is 166 Å². The van der Waals surface area contributed by atoms with E-state index in [1.807, 2.05) is 44.2 Å². The quantitative estimate of drug-likeness (QED) is 0.481. The van der Waals surface area contributed by atoms with Gasteiger partial charge in [-0.1, -0.05) is 44.0 Å². The zero-order chi connectivity index (χ0) is 20.5. The number of aryl methyl sites for hydroxylation is 3. The number of hydrogen-bond acceptors (Lipinski definition) is 3. The number of nitrogens with one attached hydrogen (secondary N) is 2. The number of amides is 1. The lowest BCUT2D eigenvalue weighted by Crippen LogP contribution is -2.28. The highest BCUT2D eigenvalue weighted by molar-refractivity contribution is 5.97. The summed E-state index contributed by atoms with van der Waals surface area (Å²) in [5.74, 6) is -0.275. The summed E-state index contributed by atoms with van der Waals surface area (Å²) in [4.78, 5) is 39.1. The molecule has 0 saturated carbocycles. The molecule has 0 bridgehead atoms. The molecule has 0 saturated heterocycles. The van der Waals surface area contributed by atoms with Gasteiger partial charge in [0.25, 0.3) is 5.56 Å². The molecule has 0 aliphatic carbocycles. The van der Waals surface area contributed by atoms with Crippen molar-refractivity contribution in [3.8, 4) is 0 Å². The van der Waals surface area contributed by atoms with Crippen LogP contribution >= 0.6 is 0 Å². The fraction of sp³-hybridized carbons (Fsp3) is 0.435. The minimum absolute atomic E-state index is 0.0420. The summed E-state index contributed by atoms with van der Waals surface area (Å²) in [6.07, 6.45) is 4.86. The second-order valence-corrected chi connectivity index (χ2v) is 7.30. The van der Waals surface area contributed by atoms with Crippen molar-refractivity contribution < 1.29 is 9.59 Å². The van der Waals surface area contributed by atoms with Crippen LogP contribution < -0.4 is 10.9 Å². The number of H-pyrrole nitrogens is 1. The van der Waals surface area contributed by atoms with Gasteiger partial charge >= 0.3 is 0 Å². The molecule has 150 valence electrons. The van der Waals surface area contributed by atoms with Gasteiger partial charge in [0.1, 0.15) is 0 Å². The highest BCUT2D eigenvalue weighted by atomic mass is 16.2. The molecule has 0 radical (unpaired) electrons. The van der Waals surface area contributed by atoms with Crippen LogP contribution in [0, 0.1) is 13.8 Å². The number of carbonyl (C=O) groups excluding carboxylic acids is 2. The summed E-state index contributed by atoms with van der Waals surface area (Å²) in [6, 6.07) is 9.55. The smallest absolute Gasteiger partial charge is 0.253 e. The maximum Gasteiger partial charge on any atom is 0.253 e. The van der Waals surface area contributed by atoms with E-state index in [1.54, 1.807) is 0 Å². The van der Waals surface area contributed by atoms with Gasteiger partial charge in [-0.25, -0.2) is 0 Å². The number of hydrogen-bond donors (Lipinski definition) is 2. The minimum atomic E-state index is -0.232. The minimum Gasteiger partial charge on any atom is -0.352 e. The first-order valence-electron chi connectivity index (χ1n) is 9.99. The Balaban J connectivity index is 1.81. The van der Waals surface area contributed by atoms with Crippen molar-refractivity contribution in [2.75, 3.05) is 0 Å².